The number of pyridine rings is 1. The highest BCUT2D eigenvalue weighted by molar-refractivity contribution is 6.01. The summed E-state index contributed by atoms with van der Waals surface area (Å²) >= 11 is 0. The van der Waals surface area contributed by atoms with Gasteiger partial charge in [-0.1, -0.05) is 18.2 Å². The highest BCUT2D eigenvalue weighted by atomic mass is 16.5. The van der Waals surface area contributed by atoms with E-state index in [1.54, 1.807) is 25.1 Å². The lowest BCUT2D eigenvalue weighted by atomic mass is 10.1. The number of benzene rings is 2. The van der Waals surface area contributed by atoms with Gasteiger partial charge in [0, 0.05) is 16.5 Å². The molecule has 0 unspecified atom stereocenters. The summed E-state index contributed by atoms with van der Waals surface area (Å²) in [6.45, 7) is 1.75. The molecule has 0 atom stereocenters. The molecule has 0 aliphatic heterocycles. The largest absolute Gasteiger partial charge is 0.505 e. The number of aromatic hydroxyl groups is 1. The summed E-state index contributed by atoms with van der Waals surface area (Å²) in [4.78, 5) is 15.4. The molecule has 3 N–H and O–H groups in total. The fraction of sp³-hybridized carbons (Fsp3) is 0.0588. The van der Waals surface area contributed by atoms with Crippen LogP contribution in [0, 0.1) is 6.92 Å². The monoisotopic (exact) mass is 294 g/mol. The number of hydrogen-bond donors (Lipinski definition) is 2. The van der Waals surface area contributed by atoms with E-state index < -0.39 is 5.91 Å². The van der Waals surface area contributed by atoms with Crippen molar-refractivity contribution < 1.29 is 14.6 Å². The van der Waals surface area contributed by atoms with Crippen molar-refractivity contribution in [1.29, 1.82) is 0 Å². The Morgan fingerprint density at radius 3 is 2.50 bits per heavy atom. The van der Waals surface area contributed by atoms with Crippen molar-refractivity contribution in [2.45, 2.75) is 6.92 Å². The van der Waals surface area contributed by atoms with Gasteiger partial charge in [-0.15, -0.1) is 0 Å². The summed E-state index contributed by atoms with van der Waals surface area (Å²) in [5.41, 5.74) is 5.69. The van der Waals surface area contributed by atoms with Crippen LogP contribution in [0.2, 0.25) is 0 Å². The van der Waals surface area contributed by atoms with Gasteiger partial charge in [0.05, 0.1) is 0 Å². The second-order valence-electron chi connectivity index (χ2n) is 4.88. The fourth-order valence-corrected chi connectivity index (χ4v) is 2.30. The number of aryl methyl sites for hydroxylation is 1. The minimum atomic E-state index is -0.757. The van der Waals surface area contributed by atoms with E-state index >= 15 is 0 Å². The summed E-state index contributed by atoms with van der Waals surface area (Å²) in [5.74, 6) is 0.367. The Kier molecular flexibility index (Phi) is 3.39. The van der Waals surface area contributed by atoms with Gasteiger partial charge in [-0.2, -0.15) is 0 Å². The van der Waals surface area contributed by atoms with E-state index in [0.717, 1.165) is 0 Å². The van der Waals surface area contributed by atoms with Gasteiger partial charge in [0.1, 0.15) is 11.5 Å². The average Bonchev–Trinajstić information content (AvgIpc) is 2.51. The Labute approximate surface area is 127 Å². The number of primary amides is 1. The maximum atomic E-state index is 11.3. The number of aromatic nitrogens is 1. The predicted molar refractivity (Wildman–Crippen MR) is 83.2 cm³/mol. The first kappa shape index (κ1) is 13.9. The second-order valence-corrected chi connectivity index (χ2v) is 4.88. The Hall–Kier alpha value is -3.08. The van der Waals surface area contributed by atoms with Crippen LogP contribution in [0.5, 0.6) is 17.2 Å². The molecule has 0 bridgehead atoms. The molecule has 3 rings (SSSR count). The normalized spacial score (nSPS) is 10.6. The van der Waals surface area contributed by atoms with Crippen molar-refractivity contribution in [3.05, 3.63) is 59.9 Å². The van der Waals surface area contributed by atoms with Gasteiger partial charge in [0.15, 0.2) is 11.4 Å². The number of carbonyl (C=O) groups excluding carboxylic acids is 1. The first-order chi connectivity index (χ1) is 10.6. The number of amides is 1. The van der Waals surface area contributed by atoms with Gasteiger partial charge >= 0.3 is 0 Å². The fourth-order valence-electron chi connectivity index (χ4n) is 2.30. The third kappa shape index (κ3) is 2.44. The summed E-state index contributed by atoms with van der Waals surface area (Å²) in [6, 6.07) is 14.6. The van der Waals surface area contributed by atoms with E-state index in [9.17, 15) is 9.90 Å². The van der Waals surface area contributed by atoms with Crippen LogP contribution in [0.4, 0.5) is 0 Å². The van der Waals surface area contributed by atoms with Crippen LogP contribution in [-0.4, -0.2) is 16.0 Å². The van der Waals surface area contributed by atoms with Crippen molar-refractivity contribution in [3.8, 4) is 17.2 Å². The minimum absolute atomic E-state index is 0.123. The van der Waals surface area contributed by atoms with E-state index in [-0.39, 0.29) is 11.4 Å². The van der Waals surface area contributed by atoms with E-state index in [0.29, 0.717) is 28.0 Å². The maximum absolute atomic E-state index is 11.3. The lowest BCUT2D eigenvalue weighted by molar-refractivity contribution is 0.0993. The second kappa shape index (κ2) is 5.37. The molecule has 5 nitrogen and oxygen atoms in total. The standard InChI is InChI=1S/C17H14N2O3/c1-10-14-9-12(22-11-5-3-2-4-6-11)7-8-13(14)16(20)15(19-10)17(18)21/h2-9,20H,1H3,(H2,18,21). The lowest BCUT2D eigenvalue weighted by Gasteiger charge is -2.10. The van der Waals surface area contributed by atoms with Crippen molar-refractivity contribution in [3.63, 3.8) is 0 Å². The Morgan fingerprint density at radius 2 is 1.82 bits per heavy atom. The van der Waals surface area contributed by atoms with Crippen molar-refractivity contribution in [1.82, 2.24) is 4.98 Å². The summed E-state index contributed by atoms with van der Waals surface area (Å²) in [6.07, 6.45) is 0. The van der Waals surface area contributed by atoms with Crippen molar-refractivity contribution in [2.75, 3.05) is 0 Å². The quantitative estimate of drug-likeness (QED) is 0.777. The molecule has 0 spiro atoms. The first-order valence-corrected chi connectivity index (χ1v) is 6.72. The highest BCUT2D eigenvalue weighted by Gasteiger charge is 2.15. The van der Waals surface area contributed by atoms with E-state index in [1.807, 2.05) is 30.3 Å². The van der Waals surface area contributed by atoms with Crippen LogP contribution in [-0.2, 0) is 0 Å². The van der Waals surface area contributed by atoms with Crippen LogP contribution >= 0.6 is 0 Å². The van der Waals surface area contributed by atoms with Crippen LogP contribution in [0.3, 0.4) is 0 Å². The number of para-hydroxylation sites is 1. The zero-order valence-corrected chi connectivity index (χ0v) is 11.9. The van der Waals surface area contributed by atoms with Crippen molar-refractivity contribution in [2.24, 2.45) is 5.73 Å². The zero-order valence-electron chi connectivity index (χ0n) is 11.9. The molecule has 0 saturated heterocycles. The Morgan fingerprint density at radius 1 is 1.09 bits per heavy atom. The summed E-state index contributed by atoms with van der Waals surface area (Å²) in [5, 5.41) is 11.3. The highest BCUT2D eigenvalue weighted by Crippen LogP contribution is 2.33. The van der Waals surface area contributed by atoms with E-state index in [2.05, 4.69) is 4.98 Å². The number of carbonyl (C=O) groups is 1. The molecule has 110 valence electrons. The number of nitrogens with two attached hydrogens (primary N) is 1. The molecule has 1 aromatic heterocycles. The van der Waals surface area contributed by atoms with Gasteiger partial charge < -0.3 is 15.6 Å². The molecule has 0 aliphatic rings. The third-order valence-corrected chi connectivity index (χ3v) is 3.35. The Bertz CT molecular complexity index is 861. The molecule has 0 radical (unpaired) electrons. The van der Waals surface area contributed by atoms with Crippen molar-refractivity contribution >= 4 is 16.7 Å². The van der Waals surface area contributed by atoms with Crippen LogP contribution in [0.25, 0.3) is 10.8 Å². The van der Waals surface area contributed by atoms with Gasteiger partial charge in [-0.05, 0) is 37.3 Å². The smallest absolute Gasteiger partial charge is 0.271 e. The number of ether oxygens (including phenoxy) is 1. The van der Waals surface area contributed by atoms with Gasteiger partial charge in [-0.3, -0.25) is 4.79 Å². The first-order valence-electron chi connectivity index (χ1n) is 6.72. The van der Waals surface area contributed by atoms with Crippen LogP contribution < -0.4 is 10.5 Å². The topological polar surface area (TPSA) is 85.4 Å². The Balaban J connectivity index is 2.09. The SMILES string of the molecule is Cc1nc(C(N)=O)c(O)c2ccc(Oc3ccccc3)cc12. The molecular weight excluding hydrogens is 280 g/mol. The van der Waals surface area contributed by atoms with E-state index in [1.165, 1.54) is 0 Å². The van der Waals surface area contributed by atoms with Gasteiger partial charge in [0.25, 0.3) is 5.91 Å². The molecule has 0 saturated carbocycles. The zero-order chi connectivity index (χ0) is 15.7. The van der Waals surface area contributed by atoms with Gasteiger partial charge in [0.2, 0.25) is 0 Å². The van der Waals surface area contributed by atoms with E-state index in [4.69, 9.17) is 10.5 Å². The number of fused-ring (bicyclic) bond motifs is 1. The van der Waals surface area contributed by atoms with Gasteiger partial charge in [-0.25, -0.2) is 4.98 Å². The number of nitrogens with zero attached hydrogens (tertiary/aromatic N) is 1. The third-order valence-electron chi connectivity index (χ3n) is 3.35. The average molecular weight is 294 g/mol. The molecule has 0 aliphatic carbocycles. The summed E-state index contributed by atoms with van der Waals surface area (Å²) < 4.78 is 5.76. The summed E-state index contributed by atoms with van der Waals surface area (Å²) in [7, 11) is 0. The molecule has 1 amide bonds. The van der Waals surface area contributed by atoms with Crippen LogP contribution in [0.1, 0.15) is 16.2 Å². The number of hydrogen-bond acceptors (Lipinski definition) is 4. The lowest BCUT2D eigenvalue weighted by Crippen LogP contribution is -2.14. The molecule has 1 heterocycles. The molecule has 3 aromatic rings. The maximum Gasteiger partial charge on any atom is 0.271 e. The molecule has 2 aromatic carbocycles. The molecule has 22 heavy (non-hydrogen) atoms. The molecule has 5 heteroatoms. The molecular formula is C17H14N2O3. The predicted octanol–water partition coefficient (Wildman–Crippen LogP) is 3.14. The molecule has 0 fully saturated rings. The number of rotatable bonds is 3. The minimum Gasteiger partial charge on any atom is -0.505 e. The van der Waals surface area contributed by atoms with Crippen LogP contribution in [0.15, 0.2) is 48.5 Å².